The standard InChI is InChI=1S/C25H29N5O2.C4H8O/c1-4-21(23-20-11-15(24(31)26-2)5-10-22(20)28-25(23)32)27-16-6-8-17(9-7-16)30-14-18-12-19(30)13-29(18)3;1-2-4-5-3-1/h5-11,18-19,28,32H,4,12-14H2,1-3H3,(H,26,31);1-4H2. The number of amides is 1. The van der Waals surface area contributed by atoms with Crippen molar-refractivity contribution < 1.29 is 14.6 Å². The fraction of sp³-hybridized carbons (Fsp3) is 0.448. The Kier molecular flexibility index (Phi) is 7.48. The second-order valence-electron chi connectivity index (χ2n) is 10.1. The molecule has 2 atom stereocenters. The van der Waals surface area contributed by atoms with E-state index in [4.69, 9.17) is 9.73 Å². The van der Waals surface area contributed by atoms with Crippen LogP contribution in [0.15, 0.2) is 47.5 Å². The van der Waals surface area contributed by atoms with Gasteiger partial charge in [-0.15, -0.1) is 0 Å². The number of nitrogens with zero attached hydrogens (tertiary/aromatic N) is 3. The normalized spacial score (nSPS) is 21.4. The molecular weight excluding hydrogens is 466 g/mol. The second-order valence-corrected chi connectivity index (χ2v) is 10.1. The highest BCUT2D eigenvalue weighted by Crippen LogP contribution is 2.35. The Labute approximate surface area is 218 Å². The number of H-pyrrole nitrogens is 1. The molecule has 3 saturated heterocycles. The van der Waals surface area contributed by atoms with Gasteiger partial charge in [0.15, 0.2) is 5.88 Å². The summed E-state index contributed by atoms with van der Waals surface area (Å²) in [6.45, 7) is 6.23. The molecular formula is C29H37N5O3. The van der Waals surface area contributed by atoms with Crippen LogP contribution < -0.4 is 10.2 Å². The molecule has 1 aromatic heterocycles. The number of likely N-dealkylation sites (N-methyl/N-ethyl adjacent to an activating group) is 1. The number of benzene rings is 2. The van der Waals surface area contributed by atoms with Crippen LogP contribution in [-0.2, 0) is 4.74 Å². The average Bonchev–Trinajstić information content (AvgIpc) is 3.72. The zero-order valence-electron chi connectivity index (χ0n) is 22.0. The van der Waals surface area contributed by atoms with Crippen molar-refractivity contribution in [2.45, 2.75) is 44.7 Å². The SMILES string of the molecule is C1CCOC1.CCC(=Nc1ccc(N2CC3CC2CN3C)cc1)c1c(O)[nH]c2ccc(C(=O)NC)cc12. The fourth-order valence-corrected chi connectivity index (χ4v) is 5.63. The van der Waals surface area contributed by atoms with Crippen molar-refractivity contribution in [3.8, 4) is 5.88 Å². The molecule has 2 aromatic carbocycles. The van der Waals surface area contributed by atoms with E-state index in [1.807, 2.05) is 25.1 Å². The van der Waals surface area contributed by atoms with Crippen LogP contribution in [0, 0.1) is 0 Å². The monoisotopic (exact) mass is 503 g/mol. The smallest absolute Gasteiger partial charge is 0.251 e. The van der Waals surface area contributed by atoms with Crippen molar-refractivity contribution in [3.05, 3.63) is 53.6 Å². The molecule has 3 fully saturated rings. The van der Waals surface area contributed by atoms with Crippen molar-refractivity contribution in [3.63, 3.8) is 0 Å². The van der Waals surface area contributed by atoms with Crippen molar-refractivity contribution in [1.82, 2.24) is 15.2 Å². The van der Waals surface area contributed by atoms with Crippen LogP contribution in [0.4, 0.5) is 11.4 Å². The molecule has 6 rings (SSSR count). The Morgan fingerprint density at radius 1 is 1.14 bits per heavy atom. The molecule has 3 N–H and O–H groups in total. The predicted octanol–water partition coefficient (Wildman–Crippen LogP) is 4.45. The fourth-order valence-electron chi connectivity index (χ4n) is 5.63. The summed E-state index contributed by atoms with van der Waals surface area (Å²) in [5.41, 5.74) is 4.84. The van der Waals surface area contributed by atoms with Crippen molar-refractivity contribution in [2.24, 2.45) is 4.99 Å². The first-order valence-electron chi connectivity index (χ1n) is 13.3. The third kappa shape index (κ3) is 5.22. The van der Waals surface area contributed by atoms with E-state index in [1.54, 1.807) is 19.2 Å². The molecule has 8 nitrogen and oxygen atoms in total. The van der Waals surface area contributed by atoms with Crippen LogP contribution in [0.3, 0.4) is 0 Å². The number of rotatable bonds is 5. The molecule has 8 heteroatoms. The van der Waals surface area contributed by atoms with Gasteiger partial charge in [0.05, 0.1) is 17.0 Å². The molecule has 0 radical (unpaired) electrons. The number of anilines is 1. The molecule has 0 aliphatic carbocycles. The summed E-state index contributed by atoms with van der Waals surface area (Å²) in [6, 6.07) is 15.0. The summed E-state index contributed by atoms with van der Waals surface area (Å²) in [5, 5.41) is 14.1. The van der Waals surface area contributed by atoms with Crippen LogP contribution in [0.1, 0.15) is 48.5 Å². The second kappa shape index (κ2) is 10.9. The third-order valence-electron chi connectivity index (χ3n) is 7.68. The van der Waals surface area contributed by atoms with Crippen LogP contribution in [0.5, 0.6) is 5.88 Å². The Morgan fingerprint density at radius 3 is 2.46 bits per heavy atom. The molecule has 3 aromatic rings. The third-order valence-corrected chi connectivity index (χ3v) is 7.68. The Hall–Kier alpha value is -3.36. The van der Waals surface area contributed by atoms with Gasteiger partial charge in [0.2, 0.25) is 0 Å². The Bertz CT molecular complexity index is 1270. The van der Waals surface area contributed by atoms with E-state index in [1.165, 1.54) is 24.9 Å². The summed E-state index contributed by atoms with van der Waals surface area (Å²) < 4.78 is 4.94. The molecule has 3 aliphatic heterocycles. The van der Waals surface area contributed by atoms with Gasteiger partial charge in [0, 0.05) is 67.6 Å². The number of piperazine rings is 1. The van der Waals surface area contributed by atoms with Gasteiger partial charge in [-0.25, -0.2) is 0 Å². The number of aromatic hydroxyl groups is 1. The summed E-state index contributed by atoms with van der Waals surface area (Å²) in [4.78, 5) is 24.9. The maximum Gasteiger partial charge on any atom is 0.251 e. The number of likely N-dealkylation sites (tertiary alicyclic amines) is 1. The maximum absolute atomic E-state index is 12.1. The maximum atomic E-state index is 12.1. The topological polar surface area (TPSA) is 93.2 Å². The number of aromatic amines is 1. The zero-order valence-corrected chi connectivity index (χ0v) is 22.0. The lowest BCUT2D eigenvalue weighted by Crippen LogP contribution is -2.44. The molecule has 0 saturated carbocycles. The van der Waals surface area contributed by atoms with E-state index < -0.39 is 0 Å². The van der Waals surface area contributed by atoms with Crippen molar-refractivity contribution >= 4 is 33.9 Å². The number of hydrogen-bond acceptors (Lipinski definition) is 6. The lowest BCUT2D eigenvalue weighted by molar-refractivity contribution is 0.0963. The molecule has 37 heavy (non-hydrogen) atoms. The number of hydrogen-bond donors (Lipinski definition) is 3. The minimum absolute atomic E-state index is 0.0727. The van der Waals surface area contributed by atoms with Crippen LogP contribution in [0.2, 0.25) is 0 Å². The minimum atomic E-state index is -0.161. The van der Waals surface area contributed by atoms with Crippen molar-refractivity contribution in [2.75, 3.05) is 45.3 Å². The Balaban J connectivity index is 0.000000503. The predicted molar refractivity (Wildman–Crippen MR) is 149 cm³/mol. The number of aromatic nitrogens is 1. The van der Waals surface area contributed by atoms with Gasteiger partial charge in [-0.3, -0.25) is 14.7 Å². The number of ether oxygens (including phenoxy) is 1. The first kappa shape index (κ1) is 25.3. The van der Waals surface area contributed by atoms with E-state index in [0.29, 0.717) is 29.6 Å². The van der Waals surface area contributed by atoms with E-state index in [9.17, 15) is 9.90 Å². The first-order valence-corrected chi connectivity index (χ1v) is 13.3. The number of carbonyl (C=O) groups excluding carboxylic acids is 1. The lowest BCUT2D eigenvalue weighted by atomic mass is 10.0. The number of fused-ring (bicyclic) bond motifs is 3. The highest BCUT2D eigenvalue weighted by atomic mass is 16.5. The van der Waals surface area contributed by atoms with Gasteiger partial charge >= 0.3 is 0 Å². The number of nitrogens with one attached hydrogen (secondary N) is 2. The van der Waals surface area contributed by atoms with Crippen LogP contribution in [0.25, 0.3) is 10.9 Å². The van der Waals surface area contributed by atoms with E-state index in [2.05, 4.69) is 39.3 Å². The highest BCUT2D eigenvalue weighted by Gasteiger charge is 2.41. The molecule has 0 spiro atoms. The van der Waals surface area contributed by atoms with Gasteiger partial charge < -0.3 is 25.0 Å². The largest absolute Gasteiger partial charge is 0.494 e. The average molecular weight is 504 g/mol. The number of carbonyl (C=O) groups is 1. The quantitative estimate of drug-likeness (QED) is 0.447. The zero-order chi connectivity index (χ0) is 25.9. The van der Waals surface area contributed by atoms with Gasteiger partial charge in [0.1, 0.15) is 0 Å². The summed E-state index contributed by atoms with van der Waals surface area (Å²) in [5.74, 6) is -0.0885. The van der Waals surface area contributed by atoms with Gasteiger partial charge in [-0.2, -0.15) is 0 Å². The lowest BCUT2D eigenvalue weighted by Gasteiger charge is -2.33. The molecule has 3 aliphatic rings. The summed E-state index contributed by atoms with van der Waals surface area (Å²) in [6.07, 6.45) is 4.45. The van der Waals surface area contributed by atoms with E-state index >= 15 is 0 Å². The van der Waals surface area contributed by atoms with E-state index in [0.717, 1.165) is 48.6 Å². The van der Waals surface area contributed by atoms with Crippen LogP contribution >= 0.6 is 0 Å². The van der Waals surface area contributed by atoms with Crippen molar-refractivity contribution in [1.29, 1.82) is 0 Å². The minimum Gasteiger partial charge on any atom is -0.494 e. The van der Waals surface area contributed by atoms with Gasteiger partial charge in [-0.1, -0.05) is 6.92 Å². The molecule has 2 bridgehead atoms. The number of aliphatic imine (C=N–C) groups is 1. The first-order chi connectivity index (χ1) is 18.0. The van der Waals surface area contributed by atoms with Gasteiger partial charge in [-0.05, 0) is 75.2 Å². The highest BCUT2D eigenvalue weighted by molar-refractivity contribution is 6.14. The molecule has 196 valence electrons. The van der Waals surface area contributed by atoms with Gasteiger partial charge in [0.25, 0.3) is 5.91 Å². The Morgan fingerprint density at radius 2 is 1.89 bits per heavy atom. The molecule has 1 amide bonds. The van der Waals surface area contributed by atoms with E-state index in [-0.39, 0.29) is 11.8 Å². The van der Waals surface area contributed by atoms with Crippen LogP contribution in [-0.4, -0.2) is 79.1 Å². The molecule has 4 heterocycles. The summed E-state index contributed by atoms with van der Waals surface area (Å²) in [7, 11) is 3.82. The molecule has 2 unspecified atom stereocenters. The summed E-state index contributed by atoms with van der Waals surface area (Å²) >= 11 is 0.